The van der Waals surface area contributed by atoms with Gasteiger partial charge in [-0.1, -0.05) is 38.1 Å². The topological polar surface area (TPSA) is 49.4 Å². The molecule has 3 rings (SSSR count). The van der Waals surface area contributed by atoms with Gasteiger partial charge in [0.25, 0.3) is 0 Å². The van der Waals surface area contributed by atoms with E-state index >= 15 is 0 Å². The molecule has 1 amide bonds. The Labute approximate surface area is 167 Å². The summed E-state index contributed by atoms with van der Waals surface area (Å²) >= 11 is 0. The van der Waals surface area contributed by atoms with Crippen LogP contribution in [0.4, 0.5) is 5.69 Å². The smallest absolute Gasteiger partial charge is 0.224 e. The second-order valence-corrected chi connectivity index (χ2v) is 7.47. The molecule has 4 heteroatoms. The number of anilines is 1. The second kappa shape index (κ2) is 9.65. The summed E-state index contributed by atoms with van der Waals surface area (Å²) in [4.78, 5) is 27.1. The summed E-state index contributed by atoms with van der Waals surface area (Å²) in [5, 5.41) is 2.93. The van der Waals surface area contributed by atoms with Crippen molar-refractivity contribution in [3.8, 4) is 0 Å². The van der Waals surface area contributed by atoms with Crippen LogP contribution in [0.1, 0.15) is 60.2 Å². The molecule has 0 aliphatic heterocycles. The number of nitrogens with zero attached hydrogens (tertiary/aromatic N) is 1. The number of ketones is 1. The second-order valence-electron chi connectivity index (χ2n) is 7.47. The van der Waals surface area contributed by atoms with E-state index in [4.69, 9.17) is 0 Å². The minimum atomic E-state index is -0.116. The Morgan fingerprint density at radius 1 is 0.964 bits per heavy atom. The summed E-state index contributed by atoms with van der Waals surface area (Å²) in [5.41, 5.74) is 5.35. The Balaban J connectivity index is 1.52. The van der Waals surface area contributed by atoms with Gasteiger partial charge in [-0.2, -0.15) is 0 Å². The van der Waals surface area contributed by atoms with Gasteiger partial charge in [0, 0.05) is 30.6 Å². The van der Waals surface area contributed by atoms with Gasteiger partial charge in [0.15, 0.2) is 5.78 Å². The maximum absolute atomic E-state index is 12.5. The maximum Gasteiger partial charge on any atom is 0.224 e. The minimum Gasteiger partial charge on any atom is -0.326 e. The van der Waals surface area contributed by atoms with E-state index in [1.165, 1.54) is 23.1 Å². The zero-order chi connectivity index (χ0) is 19.9. The predicted octanol–water partition coefficient (Wildman–Crippen LogP) is 4.62. The molecule has 0 spiro atoms. The molecule has 28 heavy (non-hydrogen) atoms. The van der Waals surface area contributed by atoms with E-state index < -0.39 is 0 Å². The van der Waals surface area contributed by atoms with E-state index in [0.29, 0.717) is 0 Å². The van der Waals surface area contributed by atoms with E-state index in [0.717, 1.165) is 43.7 Å². The van der Waals surface area contributed by atoms with Crippen molar-refractivity contribution in [3.05, 3.63) is 64.7 Å². The molecule has 0 saturated carbocycles. The number of nitrogens with one attached hydrogen (secondary N) is 1. The van der Waals surface area contributed by atoms with E-state index in [-0.39, 0.29) is 24.5 Å². The number of benzene rings is 2. The van der Waals surface area contributed by atoms with Crippen molar-refractivity contribution in [2.24, 2.45) is 0 Å². The van der Waals surface area contributed by atoms with Crippen LogP contribution in [0, 0.1) is 0 Å². The van der Waals surface area contributed by atoms with Crippen molar-refractivity contribution >= 4 is 17.4 Å². The SMILES string of the molecule is CCN(CC)Cc1cccc(NC(=O)CCC(=O)c2ccc3c(c2)CCC3)c1. The van der Waals surface area contributed by atoms with Crippen LogP contribution in [-0.2, 0) is 24.2 Å². The molecule has 0 bridgehead atoms. The number of hydrogen-bond donors (Lipinski definition) is 1. The Morgan fingerprint density at radius 3 is 2.54 bits per heavy atom. The zero-order valence-electron chi connectivity index (χ0n) is 17.0. The highest BCUT2D eigenvalue weighted by atomic mass is 16.2. The molecule has 148 valence electrons. The molecule has 0 fully saturated rings. The van der Waals surface area contributed by atoms with Crippen molar-refractivity contribution in [2.45, 2.75) is 52.5 Å². The third-order valence-electron chi connectivity index (χ3n) is 5.51. The summed E-state index contributed by atoms with van der Waals surface area (Å²) < 4.78 is 0. The number of fused-ring (bicyclic) bond motifs is 1. The molecule has 2 aromatic rings. The fourth-order valence-corrected chi connectivity index (χ4v) is 3.79. The van der Waals surface area contributed by atoms with Gasteiger partial charge in [-0.25, -0.2) is 0 Å². The Bertz CT molecular complexity index is 840. The van der Waals surface area contributed by atoms with Gasteiger partial charge in [-0.05, 0) is 67.2 Å². The molecule has 1 aliphatic carbocycles. The highest BCUT2D eigenvalue weighted by molar-refractivity contribution is 6.00. The van der Waals surface area contributed by atoms with Gasteiger partial charge in [-0.15, -0.1) is 0 Å². The number of amides is 1. The third-order valence-corrected chi connectivity index (χ3v) is 5.51. The van der Waals surface area contributed by atoms with E-state index in [9.17, 15) is 9.59 Å². The van der Waals surface area contributed by atoms with Crippen LogP contribution in [0.3, 0.4) is 0 Å². The first kappa shape index (κ1) is 20.3. The lowest BCUT2D eigenvalue weighted by atomic mass is 10.0. The van der Waals surface area contributed by atoms with Crippen LogP contribution in [0.2, 0.25) is 0 Å². The highest BCUT2D eigenvalue weighted by Crippen LogP contribution is 2.23. The average Bonchev–Trinajstić information content (AvgIpc) is 3.18. The molecule has 0 radical (unpaired) electrons. The maximum atomic E-state index is 12.5. The molecule has 0 heterocycles. The number of aryl methyl sites for hydroxylation is 2. The summed E-state index contributed by atoms with van der Waals surface area (Å²) in [5.74, 6) is -0.0744. The van der Waals surface area contributed by atoms with Gasteiger partial charge in [-0.3, -0.25) is 14.5 Å². The molecule has 4 nitrogen and oxygen atoms in total. The number of Topliss-reactive ketones (excluding diaryl/α,β-unsaturated/α-hetero) is 1. The monoisotopic (exact) mass is 378 g/mol. The van der Waals surface area contributed by atoms with Crippen molar-refractivity contribution in [1.82, 2.24) is 4.90 Å². The summed E-state index contributed by atoms with van der Waals surface area (Å²) in [6, 6.07) is 13.9. The first-order valence-electron chi connectivity index (χ1n) is 10.3. The number of rotatable bonds is 9. The lowest BCUT2D eigenvalue weighted by Gasteiger charge is -2.18. The van der Waals surface area contributed by atoms with Crippen LogP contribution >= 0.6 is 0 Å². The third kappa shape index (κ3) is 5.29. The van der Waals surface area contributed by atoms with Crippen molar-refractivity contribution in [1.29, 1.82) is 0 Å². The van der Waals surface area contributed by atoms with Crippen LogP contribution in [-0.4, -0.2) is 29.7 Å². The number of carbonyl (C=O) groups excluding carboxylic acids is 2. The summed E-state index contributed by atoms with van der Waals surface area (Å²) in [6.45, 7) is 7.16. The fourth-order valence-electron chi connectivity index (χ4n) is 3.79. The van der Waals surface area contributed by atoms with Crippen molar-refractivity contribution < 1.29 is 9.59 Å². The Hall–Kier alpha value is -2.46. The van der Waals surface area contributed by atoms with Crippen molar-refractivity contribution in [2.75, 3.05) is 18.4 Å². The van der Waals surface area contributed by atoms with Crippen LogP contribution in [0.15, 0.2) is 42.5 Å². The molecular formula is C24H30N2O2. The lowest BCUT2D eigenvalue weighted by molar-refractivity contribution is -0.116. The van der Waals surface area contributed by atoms with Crippen LogP contribution < -0.4 is 5.32 Å². The molecule has 2 aromatic carbocycles. The molecule has 0 saturated heterocycles. The summed E-state index contributed by atoms with van der Waals surface area (Å²) in [7, 11) is 0. The van der Waals surface area contributed by atoms with Crippen molar-refractivity contribution in [3.63, 3.8) is 0 Å². The van der Waals surface area contributed by atoms with Gasteiger partial charge in [0.05, 0.1) is 0 Å². The first-order chi connectivity index (χ1) is 13.6. The number of hydrogen-bond acceptors (Lipinski definition) is 3. The predicted molar refractivity (Wildman–Crippen MR) is 114 cm³/mol. The van der Waals surface area contributed by atoms with E-state index in [1.807, 2.05) is 30.3 Å². The van der Waals surface area contributed by atoms with Gasteiger partial charge in [0.1, 0.15) is 0 Å². The van der Waals surface area contributed by atoms with Crippen LogP contribution in [0.5, 0.6) is 0 Å². The largest absolute Gasteiger partial charge is 0.326 e. The number of carbonyl (C=O) groups is 2. The van der Waals surface area contributed by atoms with Gasteiger partial charge in [0.2, 0.25) is 5.91 Å². The average molecular weight is 379 g/mol. The van der Waals surface area contributed by atoms with E-state index in [1.54, 1.807) is 0 Å². The molecular weight excluding hydrogens is 348 g/mol. The fraction of sp³-hybridized carbons (Fsp3) is 0.417. The summed E-state index contributed by atoms with van der Waals surface area (Å²) in [6.07, 6.45) is 3.78. The minimum absolute atomic E-state index is 0.0418. The van der Waals surface area contributed by atoms with Gasteiger partial charge < -0.3 is 5.32 Å². The lowest BCUT2D eigenvalue weighted by Crippen LogP contribution is -2.22. The molecule has 0 atom stereocenters. The first-order valence-corrected chi connectivity index (χ1v) is 10.3. The van der Waals surface area contributed by atoms with E-state index in [2.05, 4.69) is 36.2 Å². The Kier molecular flexibility index (Phi) is 6.99. The molecule has 0 aromatic heterocycles. The molecule has 1 aliphatic rings. The van der Waals surface area contributed by atoms with Gasteiger partial charge >= 0.3 is 0 Å². The normalized spacial score (nSPS) is 12.8. The van der Waals surface area contributed by atoms with Crippen LogP contribution in [0.25, 0.3) is 0 Å². The highest BCUT2D eigenvalue weighted by Gasteiger charge is 2.15. The Morgan fingerprint density at radius 2 is 1.75 bits per heavy atom. The standard InChI is InChI=1S/C24H30N2O2/c1-3-26(4-2)17-18-7-5-10-22(15-18)25-24(28)14-13-23(27)21-12-11-19-8-6-9-20(19)16-21/h5,7,10-12,15-16H,3-4,6,8-9,13-14,17H2,1-2H3,(H,25,28). The zero-order valence-corrected chi connectivity index (χ0v) is 17.0. The quantitative estimate of drug-likeness (QED) is 0.648. The molecule has 0 unspecified atom stereocenters. The molecule has 1 N–H and O–H groups in total.